The Balaban J connectivity index is 1.42. The molecule has 0 aromatic rings. The molecule has 0 heterocycles. The summed E-state index contributed by atoms with van der Waals surface area (Å²) in [6.07, 6.45) is 15.9. The lowest BCUT2D eigenvalue weighted by atomic mass is 9.47. The maximum absolute atomic E-state index is 11.3. The summed E-state index contributed by atoms with van der Waals surface area (Å²) in [6.45, 7) is 12.5. The van der Waals surface area contributed by atoms with Gasteiger partial charge in [-0.1, -0.05) is 65.5 Å². The van der Waals surface area contributed by atoms with Gasteiger partial charge in [-0.2, -0.15) is 11.4 Å². The molecule has 0 bridgehead atoms. The molecule has 3 saturated carbocycles. The second-order valence-electron chi connectivity index (χ2n) is 12.8. The number of fused-ring (bicyclic) bond motifs is 5. The number of hydroxylamine groups is 1. The van der Waals surface area contributed by atoms with Crippen molar-refractivity contribution in [3.8, 4) is 0 Å². The van der Waals surface area contributed by atoms with Gasteiger partial charge in [-0.25, -0.2) is 4.79 Å². The summed E-state index contributed by atoms with van der Waals surface area (Å²) in [5.74, 6) is 10.0. The summed E-state index contributed by atoms with van der Waals surface area (Å²) in [5.41, 5.74) is 4.71. The standard InChI is InChI=1S/C28H48N2O3/c1-18(2)7-6-8-19(3)23-11-12-24-22-10-9-20-17-21(33-30-26(31)32-29)13-15-27(20,4)25(22)14-16-28(23,24)5/h9,18-19,21-25H,6-8,10-17,29H2,1-5H3,(H,30,31)/t19-,21+,22+,23-,24+,25+,27+,28-/m1/s1. The highest BCUT2D eigenvalue weighted by atomic mass is 16.7. The van der Waals surface area contributed by atoms with Crippen LogP contribution in [0, 0.1) is 46.3 Å². The van der Waals surface area contributed by atoms with Crippen LogP contribution in [0.25, 0.3) is 0 Å². The van der Waals surface area contributed by atoms with Crippen LogP contribution in [0.5, 0.6) is 0 Å². The Morgan fingerprint density at radius 1 is 1.12 bits per heavy atom. The van der Waals surface area contributed by atoms with Crippen molar-refractivity contribution in [3.63, 3.8) is 0 Å². The van der Waals surface area contributed by atoms with Crippen molar-refractivity contribution >= 4 is 6.09 Å². The van der Waals surface area contributed by atoms with Gasteiger partial charge >= 0.3 is 6.09 Å². The minimum Gasteiger partial charge on any atom is -0.355 e. The Morgan fingerprint density at radius 2 is 1.91 bits per heavy atom. The molecule has 0 spiro atoms. The van der Waals surface area contributed by atoms with Crippen molar-refractivity contribution in [3.05, 3.63) is 11.6 Å². The predicted molar refractivity (Wildman–Crippen MR) is 132 cm³/mol. The molecule has 0 aromatic carbocycles. The van der Waals surface area contributed by atoms with Gasteiger partial charge in [0.15, 0.2) is 0 Å². The Morgan fingerprint density at radius 3 is 2.64 bits per heavy atom. The van der Waals surface area contributed by atoms with Gasteiger partial charge in [0.2, 0.25) is 0 Å². The first-order chi connectivity index (χ1) is 15.7. The summed E-state index contributed by atoms with van der Waals surface area (Å²) in [4.78, 5) is 21.0. The molecule has 5 nitrogen and oxygen atoms in total. The van der Waals surface area contributed by atoms with Gasteiger partial charge in [-0.3, -0.25) is 4.84 Å². The first-order valence-electron chi connectivity index (χ1n) is 13.7. The number of carbonyl (C=O) groups is 1. The number of nitrogens with one attached hydrogen (secondary N) is 1. The van der Waals surface area contributed by atoms with Gasteiger partial charge < -0.3 is 4.84 Å². The maximum atomic E-state index is 11.3. The molecular formula is C28H48N2O3. The fraction of sp³-hybridized carbons (Fsp3) is 0.893. The van der Waals surface area contributed by atoms with E-state index in [9.17, 15) is 4.79 Å². The monoisotopic (exact) mass is 460 g/mol. The summed E-state index contributed by atoms with van der Waals surface area (Å²) in [5, 5.41) is 0. The van der Waals surface area contributed by atoms with Crippen molar-refractivity contribution in [2.75, 3.05) is 0 Å². The molecule has 0 radical (unpaired) electrons. The van der Waals surface area contributed by atoms with E-state index < -0.39 is 6.09 Å². The Kier molecular flexibility index (Phi) is 7.50. The van der Waals surface area contributed by atoms with Crippen molar-refractivity contribution in [1.29, 1.82) is 0 Å². The number of allylic oxidation sites excluding steroid dienone is 1. The molecule has 3 N–H and O–H groups in total. The maximum Gasteiger partial charge on any atom is 0.450 e. The van der Waals surface area contributed by atoms with Crippen LogP contribution >= 0.6 is 0 Å². The fourth-order valence-corrected chi connectivity index (χ4v) is 8.91. The molecule has 4 rings (SSSR count). The molecule has 0 aliphatic heterocycles. The van der Waals surface area contributed by atoms with Gasteiger partial charge in [-0.15, -0.1) is 0 Å². The summed E-state index contributed by atoms with van der Waals surface area (Å²) in [7, 11) is 0. The summed E-state index contributed by atoms with van der Waals surface area (Å²) in [6, 6.07) is 0. The lowest BCUT2D eigenvalue weighted by Crippen LogP contribution is -2.51. The molecule has 8 atom stereocenters. The second-order valence-corrected chi connectivity index (χ2v) is 12.8. The Bertz CT molecular complexity index is 737. The Hall–Kier alpha value is -1.07. The normalized spacial score (nSPS) is 40.9. The minimum atomic E-state index is -0.734. The third-order valence-electron chi connectivity index (χ3n) is 10.7. The Labute approximate surface area is 201 Å². The first kappa shape index (κ1) is 25.0. The summed E-state index contributed by atoms with van der Waals surface area (Å²) >= 11 is 0. The average Bonchev–Trinajstić information content (AvgIpc) is 3.14. The van der Waals surface area contributed by atoms with Crippen LogP contribution in [0.2, 0.25) is 0 Å². The van der Waals surface area contributed by atoms with Gasteiger partial charge in [0.25, 0.3) is 0 Å². The number of rotatable bonds is 7. The average molecular weight is 461 g/mol. The number of amides is 1. The lowest BCUT2D eigenvalue weighted by molar-refractivity contribution is -0.0775. The van der Waals surface area contributed by atoms with Crippen LogP contribution in [0.3, 0.4) is 0 Å². The van der Waals surface area contributed by atoms with Crippen LogP contribution < -0.4 is 11.4 Å². The zero-order chi connectivity index (χ0) is 23.8. The lowest BCUT2D eigenvalue weighted by Gasteiger charge is -2.58. The van der Waals surface area contributed by atoms with Crippen LogP contribution in [-0.4, -0.2) is 12.2 Å². The fourth-order valence-electron chi connectivity index (χ4n) is 8.91. The molecule has 5 heteroatoms. The number of carbonyl (C=O) groups excluding carboxylic acids is 1. The topological polar surface area (TPSA) is 73.6 Å². The highest BCUT2D eigenvalue weighted by Gasteiger charge is 2.59. The predicted octanol–water partition coefficient (Wildman–Crippen LogP) is 6.93. The van der Waals surface area contributed by atoms with Crippen molar-refractivity contribution < 1.29 is 14.5 Å². The highest BCUT2D eigenvalue weighted by molar-refractivity contribution is 5.65. The largest absolute Gasteiger partial charge is 0.450 e. The number of nitrogens with two attached hydrogens (primary N) is 1. The molecule has 3 fully saturated rings. The van der Waals surface area contributed by atoms with E-state index in [1.807, 2.05) is 0 Å². The van der Waals surface area contributed by atoms with E-state index in [-0.39, 0.29) is 6.10 Å². The molecular weight excluding hydrogens is 412 g/mol. The SMILES string of the molecule is CC(C)CCC[C@@H](C)[C@H]1CC[C@H]2[C@@H]3CC=C4C[C@@H](ONC(=O)ON)CC[C@]4(C)[C@H]3CC[C@]12C. The van der Waals surface area contributed by atoms with Crippen LogP contribution in [0.4, 0.5) is 4.79 Å². The van der Waals surface area contributed by atoms with E-state index in [0.29, 0.717) is 10.8 Å². The van der Waals surface area contributed by atoms with E-state index in [1.54, 1.807) is 5.57 Å². The second kappa shape index (κ2) is 9.89. The van der Waals surface area contributed by atoms with E-state index in [2.05, 4.69) is 51.0 Å². The smallest absolute Gasteiger partial charge is 0.355 e. The van der Waals surface area contributed by atoms with Gasteiger partial charge in [0, 0.05) is 0 Å². The molecule has 0 aromatic heterocycles. The molecule has 1 amide bonds. The third kappa shape index (κ3) is 4.74. The van der Waals surface area contributed by atoms with E-state index >= 15 is 0 Å². The van der Waals surface area contributed by atoms with Crippen molar-refractivity contribution in [1.82, 2.24) is 5.48 Å². The first-order valence-corrected chi connectivity index (χ1v) is 13.7. The van der Waals surface area contributed by atoms with E-state index in [0.717, 1.165) is 54.8 Å². The summed E-state index contributed by atoms with van der Waals surface area (Å²) < 4.78 is 0. The zero-order valence-electron chi connectivity index (χ0n) is 21.7. The van der Waals surface area contributed by atoms with Crippen LogP contribution in [0.1, 0.15) is 105 Å². The number of hydrogen-bond acceptors (Lipinski definition) is 4. The van der Waals surface area contributed by atoms with Crippen LogP contribution in [-0.2, 0) is 9.68 Å². The van der Waals surface area contributed by atoms with Gasteiger partial charge in [-0.05, 0) is 97.7 Å². The van der Waals surface area contributed by atoms with Gasteiger partial charge in [0.1, 0.15) is 0 Å². The highest BCUT2D eigenvalue weighted by Crippen LogP contribution is 2.67. The minimum absolute atomic E-state index is 0.0105. The molecule has 0 saturated heterocycles. The molecule has 4 aliphatic carbocycles. The third-order valence-corrected chi connectivity index (χ3v) is 10.7. The van der Waals surface area contributed by atoms with Crippen molar-refractivity contribution in [2.24, 2.45) is 52.2 Å². The number of hydrogen-bond donors (Lipinski definition) is 2. The molecule has 33 heavy (non-hydrogen) atoms. The molecule has 4 aliphatic rings. The van der Waals surface area contributed by atoms with Crippen molar-refractivity contribution in [2.45, 2.75) is 111 Å². The zero-order valence-corrected chi connectivity index (χ0v) is 21.7. The quantitative estimate of drug-likeness (QED) is 0.319. The molecule has 188 valence electrons. The molecule has 0 unspecified atom stereocenters. The van der Waals surface area contributed by atoms with Gasteiger partial charge in [0.05, 0.1) is 6.10 Å². The van der Waals surface area contributed by atoms with E-state index in [4.69, 9.17) is 10.7 Å². The van der Waals surface area contributed by atoms with Crippen LogP contribution in [0.15, 0.2) is 11.6 Å². The van der Waals surface area contributed by atoms with E-state index in [1.165, 1.54) is 51.4 Å².